The Hall–Kier alpha value is -1.63. The van der Waals surface area contributed by atoms with Crippen LogP contribution < -0.4 is 0 Å². The van der Waals surface area contributed by atoms with Gasteiger partial charge in [0.25, 0.3) is 0 Å². The van der Waals surface area contributed by atoms with Crippen LogP contribution in [0.15, 0.2) is 63.7 Å². The second kappa shape index (κ2) is 11.1. The lowest BCUT2D eigenvalue weighted by molar-refractivity contribution is 0.372. The van der Waals surface area contributed by atoms with Crippen LogP contribution >= 0.6 is 0 Å². The minimum absolute atomic E-state index is 0.309. The van der Waals surface area contributed by atoms with Gasteiger partial charge in [0.05, 0.1) is 0 Å². The first-order valence-electron chi connectivity index (χ1n) is 9.77. The van der Waals surface area contributed by atoms with Crippen molar-refractivity contribution in [2.75, 3.05) is 6.54 Å². The van der Waals surface area contributed by atoms with Crippen LogP contribution in [-0.4, -0.2) is 12.8 Å². The maximum absolute atomic E-state index is 4.37. The average Bonchev–Trinajstić information content (AvgIpc) is 2.53. The molecule has 0 aromatic rings. The van der Waals surface area contributed by atoms with Gasteiger partial charge in [0, 0.05) is 12.8 Å². The van der Waals surface area contributed by atoms with Crippen molar-refractivity contribution in [3.05, 3.63) is 58.7 Å². The Morgan fingerprint density at radius 3 is 2.56 bits per heavy atom. The normalized spacial score (nSPS) is 19.8. The fraction of sp³-hybridized carbons (Fsp3) is 0.542. The molecule has 0 atom stereocenters. The van der Waals surface area contributed by atoms with Gasteiger partial charge in [-0.15, -0.1) is 0 Å². The molecule has 1 nitrogen and oxygen atoms in total. The summed E-state index contributed by atoms with van der Waals surface area (Å²) in [5.74, 6) is 0. The van der Waals surface area contributed by atoms with Gasteiger partial charge in [-0.05, 0) is 74.7 Å². The van der Waals surface area contributed by atoms with E-state index in [4.69, 9.17) is 0 Å². The quantitative estimate of drug-likeness (QED) is 0.248. The highest BCUT2D eigenvalue weighted by Crippen LogP contribution is 2.43. The van der Waals surface area contributed by atoms with Crippen LogP contribution in [0.3, 0.4) is 0 Å². The van der Waals surface area contributed by atoms with Crippen molar-refractivity contribution >= 4 is 6.21 Å². The molecule has 0 aromatic carbocycles. The summed E-state index contributed by atoms with van der Waals surface area (Å²) in [5.41, 5.74) is 6.06. The minimum Gasteiger partial charge on any atom is -0.293 e. The summed E-state index contributed by atoms with van der Waals surface area (Å²) in [7, 11) is 0. The lowest BCUT2D eigenvalue weighted by atomic mass is 9.70. The van der Waals surface area contributed by atoms with Crippen molar-refractivity contribution in [2.45, 2.75) is 73.6 Å². The summed E-state index contributed by atoms with van der Waals surface area (Å²) in [4.78, 5) is 4.37. The first-order valence-corrected chi connectivity index (χ1v) is 9.77. The zero-order valence-electron chi connectivity index (χ0n) is 17.2. The van der Waals surface area contributed by atoms with E-state index in [1.54, 1.807) is 11.1 Å². The lowest BCUT2D eigenvalue weighted by Crippen LogP contribution is -2.21. The van der Waals surface area contributed by atoms with E-state index in [-0.39, 0.29) is 0 Å². The van der Waals surface area contributed by atoms with E-state index >= 15 is 0 Å². The topological polar surface area (TPSA) is 12.4 Å². The van der Waals surface area contributed by atoms with E-state index in [0.29, 0.717) is 5.41 Å². The van der Waals surface area contributed by atoms with E-state index < -0.39 is 0 Å². The first-order chi connectivity index (χ1) is 11.9. The molecule has 0 aliphatic heterocycles. The molecule has 0 bridgehead atoms. The highest BCUT2D eigenvalue weighted by atomic mass is 14.7. The van der Waals surface area contributed by atoms with E-state index in [1.165, 1.54) is 43.3 Å². The zero-order valence-corrected chi connectivity index (χ0v) is 17.2. The third-order valence-corrected chi connectivity index (χ3v) is 4.86. The standard InChI is InChI=1S/C24H37N/c1-7-8-18-25-19-16-20(2)13-10-9-11-14-21(3)23-22(4)15-12-17-24(23,5)6/h9-11,13-14,16,19H,7-8,12,15,17-18H2,1-6H3/b11-9+,13-10+,20-16+,21-14+,25-19?. The molecular weight excluding hydrogens is 302 g/mol. The maximum atomic E-state index is 4.37. The van der Waals surface area contributed by atoms with Crippen molar-refractivity contribution in [2.24, 2.45) is 10.4 Å². The Morgan fingerprint density at radius 1 is 1.12 bits per heavy atom. The Labute approximate surface area is 156 Å². The van der Waals surface area contributed by atoms with Crippen LogP contribution in [-0.2, 0) is 0 Å². The van der Waals surface area contributed by atoms with Gasteiger partial charge in [-0.3, -0.25) is 4.99 Å². The number of unbranched alkanes of at least 4 members (excludes halogenated alkanes) is 1. The number of allylic oxidation sites excluding steroid dienone is 10. The third kappa shape index (κ3) is 7.86. The monoisotopic (exact) mass is 339 g/mol. The number of nitrogens with zero attached hydrogens (tertiary/aromatic N) is 1. The van der Waals surface area contributed by atoms with Crippen LogP contribution in [0, 0.1) is 5.41 Å². The van der Waals surface area contributed by atoms with Gasteiger partial charge in [-0.2, -0.15) is 0 Å². The number of aliphatic imine (C=N–C) groups is 1. The first kappa shape index (κ1) is 21.4. The second-order valence-corrected chi connectivity index (χ2v) is 7.81. The molecule has 0 saturated carbocycles. The van der Waals surface area contributed by atoms with Gasteiger partial charge < -0.3 is 0 Å². The molecule has 25 heavy (non-hydrogen) atoms. The van der Waals surface area contributed by atoms with E-state index in [2.05, 4.69) is 83.0 Å². The Kier molecular flexibility index (Phi) is 9.49. The fourth-order valence-corrected chi connectivity index (χ4v) is 3.60. The molecule has 1 rings (SSSR count). The molecule has 1 aliphatic carbocycles. The summed E-state index contributed by atoms with van der Waals surface area (Å²) < 4.78 is 0. The highest BCUT2D eigenvalue weighted by Gasteiger charge is 2.28. The smallest absolute Gasteiger partial charge is 0.0389 e. The fourth-order valence-electron chi connectivity index (χ4n) is 3.60. The molecule has 0 aromatic heterocycles. The van der Waals surface area contributed by atoms with Crippen LogP contribution in [0.4, 0.5) is 0 Å². The molecule has 0 spiro atoms. The second-order valence-electron chi connectivity index (χ2n) is 7.81. The lowest BCUT2D eigenvalue weighted by Gasteiger charge is -2.35. The van der Waals surface area contributed by atoms with Gasteiger partial charge >= 0.3 is 0 Å². The molecule has 0 radical (unpaired) electrons. The Morgan fingerprint density at radius 2 is 1.88 bits per heavy atom. The van der Waals surface area contributed by atoms with E-state index in [0.717, 1.165) is 6.54 Å². The highest BCUT2D eigenvalue weighted by molar-refractivity contribution is 5.72. The van der Waals surface area contributed by atoms with E-state index in [9.17, 15) is 0 Å². The van der Waals surface area contributed by atoms with Crippen LogP contribution in [0.2, 0.25) is 0 Å². The van der Waals surface area contributed by atoms with Crippen LogP contribution in [0.1, 0.15) is 73.6 Å². The molecular formula is C24H37N. The number of hydrogen-bond acceptors (Lipinski definition) is 1. The van der Waals surface area contributed by atoms with Gasteiger partial charge in [-0.25, -0.2) is 0 Å². The van der Waals surface area contributed by atoms with Crippen molar-refractivity contribution in [3.8, 4) is 0 Å². The maximum Gasteiger partial charge on any atom is 0.0389 e. The molecule has 0 amide bonds. The summed E-state index contributed by atoms with van der Waals surface area (Å²) in [6, 6.07) is 0. The molecule has 0 saturated heterocycles. The van der Waals surface area contributed by atoms with Gasteiger partial charge in [0.15, 0.2) is 0 Å². The zero-order chi connectivity index (χ0) is 18.7. The Balaban J connectivity index is 2.62. The molecule has 138 valence electrons. The van der Waals surface area contributed by atoms with Gasteiger partial charge in [-0.1, -0.05) is 63.1 Å². The van der Waals surface area contributed by atoms with Crippen molar-refractivity contribution in [3.63, 3.8) is 0 Å². The predicted molar refractivity (Wildman–Crippen MR) is 114 cm³/mol. The molecule has 0 N–H and O–H groups in total. The SMILES string of the molecule is CCCCN=C/C=C(C)/C=C/C=C/C=C(\C)C1=C(C)CCCC1(C)C. The van der Waals surface area contributed by atoms with E-state index in [1.807, 2.05) is 6.21 Å². The Bertz CT molecular complexity index is 592. The predicted octanol–water partition coefficient (Wildman–Crippen LogP) is 7.39. The van der Waals surface area contributed by atoms with Crippen molar-refractivity contribution in [1.82, 2.24) is 0 Å². The van der Waals surface area contributed by atoms with Crippen LogP contribution in [0.25, 0.3) is 0 Å². The molecule has 0 heterocycles. The summed E-state index contributed by atoms with van der Waals surface area (Å²) in [5, 5.41) is 0. The van der Waals surface area contributed by atoms with Crippen molar-refractivity contribution in [1.29, 1.82) is 0 Å². The van der Waals surface area contributed by atoms with Crippen molar-refractivity contribution < 1.29 is 0 Å². The summed E-state index contributed by atoms with van der Waals surface area (Å²) in [6.45, 7) is 14.5. The summed E-state index contributed by atoms with van der Waals surface area (Å²) in [6.07, 6.45) is 21.0. The third-order valence-electron chi connectivity index (χ3n) is 4.86. The molecule has 1 aliphatic rings. The van der Waals surface area contributed by atoms with Gasteiger partial charge in [0.1, 0.15) is 0 Å². The largest absolute Gasteiger partial charge is 0.293 e. The number of hydrogen-bond donors (Lipinski definition) is 0. The number of rotatable bonds is 8. The van der Waals surface area contributed by atoms with Gasteiger partial charge in [0.2, 0.25) is 0 Å². The molecule has 1 heteroatoms. The van der Waals surface area contributed by atoms with Crippen LogP contribution in [0.5, 0.6) is 0 Å². The molecule has 0 unspecified atom stereocenters. The average molecular weight is 340 g/mol. The minimum atomic E-state index is 0.309. The summed E-state index contributed by atoms with van der Waals surface area (Å²) >= 11 is 0. The molecule has 0 fully saturated rings.